The summed E-state index contributed by atoms with van der Waals surface area (Å²) in [4.78, 5) is 11.5. The molecule has 0 aliphatic rings. The first-order chi connectivity index (χ1) is 8.95. The molecule has 1 rings (SSSR count). The Morgan fingerprint density at radius 2 is 2.11 bits per heavy atom. The minimum absolute atomic E-state index is 0.173. The third kappa shape index (κ3) is 4.54. The third-order valence-electron chi connectivity index (χ3n) is 1.98. The van der Waals surface area contributed by atoms with Crippen LogP contribution in [0.5, 0.6) is 0 Å². The first kappa shape index (κ1) is 15.5. The van der Waals surface area contributed by atoms with Gasteiger partial charge in [0.15, 0.2) is 0 Å². The zero-order valence-corrected chi connectivity index (χ0v) is 11.9. The third-order valence-corrected chi connectivity index (χ3v) is 2.52. The fraction of sp³-hybridized carbons (Fsp3) is 0.250. The van der Waals surface area contributed by atoms with Gasteiger partial charge in [-0.25, -0.2) is 4.79 Å². The van der Waals surface area contributed by atoms with Crippen molar-refractivity contribution in [3.05, 3.63) is 39.7 Å². The van der Waals surface area contributed by atoms with Gasteiger partial charge in [0.05, 0.1) is 11.6 Å². The molecule has 1 N–H and O–H groups in total. The van der Waals surface area contributed by atoms with Crippen molar-refractivity contribution in [2.75, 3.05) is 6.61 Å². The van der Waals surface area contributed by atoms with Crippen LogP contribution in [0.25, 0.3) is 0 Å². The summed E-state index contributed by atoms with van der Waals surface area (Å²) >= 11 is 11.6. The van der Waals surface area contributed by atoms with Gasteiger partial charge < -0.3 is 9.84 Å². The molecule has 0 amide bonds. The molecule has 0 saturated heterocycles. The number of hydrogen-bond donors (Lipinski definition) is 1. The largest absolute Gasteiger partial charge is 0.510 e. The highest BCUT2D eigenvalue weighted by Crippen LogP contribution is 2.28. The van der Waals surface area contributed by atoms with Crippen LogP contribution in [0.3, 0.4) is 0 Å². The molecule has 0 heterocycles. The normalized spacial score (nSPS) is 12.4. The van der Waals surface area contributed by atoms with E-state index in [1.54, 1.807) is 19.1 Å². The van der Waals surface area contributed by atoms with E-state index >= 15 is 0 Å². The van der Waals surface area contributed by atoms with E-state index in [-0.39, 0.29) is 23.1 Å². The van der Waals surface area contributed by atoms with E-state index in [0.29, 0.717) is 10.7 Å². The topological polar surface area (TPSA) is 71.2 Å². The number of hydrogen-bond acceptors (Lipinski definition) is 5. The second-order valence-electron chi connectivity index (χ2n) is 3.45. The molecule has 1 aromatic rings. The van der Waals surface area contributed by atoms with E-state index in [9.17, 15) is 9.90 Å². The van der Waals surface area contributed by atoms with Gasteiger partial charge in [-0.1, -0.05) is 23.2 Å². The summed E-state index contributed by atoms with van der Waals surface area (Å²) in [5, 5.41) is 17.6. The molecule has 19 heavy (non-hydrogen) atoms. The van der Waals surface area contributed by atoms with Crippen molar-refractivity contribution in [2.24, 2.45) is 10.2 Å². The van der Waals surface area contributed by atoms with Gasteiger partial charge in [0, 0.05) is 5.02 Å². The molecule has 1 aromatic carbocycles. The predicted molar refractivity (Wildman–Crippen MR) is 72.9 cm³/mol. The minimum atomic E-state index is -0.753. The van der Waals surface area contributed by atoms with E-state index in [1.165, 1.54) is 13.0 Å². The van der Waals surface area contributed by atoms with Crippen LogP contribution in [0.1, 0.15) is 13.8 Å². The van der Waals surface area contributed by atoms with Crippen LogP contribution in [0.4, 0.5) is 5.69 Å². The van der Waals surface area contributed by atoms with Gasteiger partial charge in [0.1, 0.15) is 11.4 Å². The number of aliphatic hydroxyl groups excluding tert-OH is 1. The molecular formula is C12H12Cl2N2O3. The number of aliphatic hydroxyl groups is 1. The quantitative estimate of drug-likeness (QED) is 0.387. The Morgan fingerprint density at radius 1 is 1.42 bits per heavy atom. The molecular weight excluding hydrogens is 291 g/mol. The van der Waals surface area contributed by atoms with Crippen molar-refractivity contribution in [1.82, 2.24) is 0 Å². The van der Waals surface area contributed by atoms with Gasteiger partial charge in [-0.2, -0.15) is 0 Å². The first-order valence-corrected chi connectivity index (χ1v) is 6.15. The zero-order chi connectivity index (χ0) is 14.4. The van der Waals surface area contributed by atoms with Crippen molar-refractivity contribution >= 4 is 34.9 Å². The number of allylic oxidation sites excluding steroid dienone is 1. The molecule has 0 atom stereocenters. The summed E-state index contributed by atoms with van der Waals surface area (Å²) in [7, 11) is 0. The number of ether oxygens (including phenoxy) is 1. The number of nitrogens with zero attached hydrogens (tertiary/aromatic N) is 2. The monoisotopic (exact) mass is 302 g/mol. The Kier molecular flexibility index (Phi) is 5.79. The summed E-state index contributed by atoms with van der Waals surface area (Å²) in [6.07, 6.45) is 0. The summed E-state index contributed by atoms with van der Waals surface area (Å²) in [5.41, 5.74) is 0.0574. The maximum atomic E-state index is 11.5. The predicted octanol–water partition coefficient (Wildman–Crippen LogP) is 4.43. The maximum Gasteiger partial charge on any atom is 0.362 e. The number of azo groups is 1. The smallest absolute Gasteiger partial charge is 0.362 e. The van der Waals surface area contributed by atoms with E-state index in [2.05, 4.69) is 10.2 Å². The number of benzene rings is 1. The van der Waals surface area contributed by atoms with E-state index in [0.717, 1.165) is 0 Å². The Labute approximate surface area is 120 Å². The van der Waals surface area contributed by atoms with Crippen LogP contribution in [-0.2, 0) is 9.53 Å². The Balaban J connectivity index is 3.00. The lowest BCUT2D eigenvalue weighted by molar-refractivity contribution is -0.138. The fourth-order valence-corrected chi connectivity index (χ4v) is 1.57. The van der Waals surface area contributed by atoms with Crippen molar-refractivity contribution in [1.29, 1.82) is 0 Å². The molecule has 5 nitrogen and oxygen atoms in total. The second-order valence-corrected chi connectivity index (χ2v) is 4.29. The highest BCUT2D eigenvalue weighted by molar-refractivity contribution is 6.36. The Morgan fingerprint density at radius 3 is 2.63 bits per heavy atom. The zero-order valence-electron chi connectivity index (χ0n) is 10.4. The molecule has 0 bridgehead atoms. The minimum Gasteiger partial charge on any atom is -0.510 e. The van der Waals surface area contributed by atoms with Gasteiger partial charge in [-0.3, -0.25) is 0 Å². The molecule has 0 aromatic heterocycles. The standard InChI is InChI=1S/C12H12Cl2N2O3/c1-3-19-12(18)11(7(2)17)16-15-10-5-4-8(13)6-9(10)14/h4-6,17H,3H2,1-2H3/b11-7-,16-15?. The number of esters is 1. The van der Waals surface area contributed by atoms with Crippen LogP contribution in [0.2, 0.25) is 10.0 Å². The van der Waals surface area contributed by atoms with E-state index in [1.807, 2.05) is 0 Å². The van der Waals surface area contributed by atoms with Gasteiger partial charge >= 0.3 is 5.97 Å². The molecule has 0 fully saturated rings. The summed E-state index contributed by atoms with van der Waals surface area (Å²) in [6.45, 7) is 3.14. The average molecular weight is 303 g/mol. The molecule has 7 heteroatoms. The number of carbonyl (C=O) groups excluding carboxylic acids is 1. The van der Waals surface area contributed by atoms with Crippen LogP contribution >= 0.6 is 23.2 Å². The fourth-order valence-electron chi connectivity index (χ4n) is 1.13. The SMILES string of the molecule is CCOC(=O)/C(N=Nc1ccc(Cl)cc1Cl)=C(\C)O. The molecule has 0 aliphatic carbocycles. The van der Waals surface area contributed by atoms with E-state index < -0.39 is 5.97 Å². The lowest BCUT2D eigenvalue weighted by Gasteiger charge is -2.02. The van der Waals surface area contributed by atoms with Crippen molar-refractivity contribution in [2.45, 2.75) is 13.8 Å². The average Bonchev–Trinajstić information content (AvgIpc) is 2.31. The van der Waals surface area contributed by atoms with Crippen LogP contribution in [0.15, 0.2) is 39.9 Å². The van der Waals surface area contributed by atoms with Gasteiger partial charge in [-0.05, 0) is 32.0 Å². The van der Waals surface area contributed by atoms with Crippen LogP contribution < -0.4 is 0 Å². The Hall–Kier alpha value is -1.59. The summed E-state index contributed by atoms with van der Waals surface area (Å²) < 4.78 is 4.74. The van der Waals surface area contributed by atoms with Crippen molar-refractivity contribution < 1.29 is 14.6 Å². The molecule has 0 unspecified atom stereocenters. The maximum absolute atomic E-state index is 11.5. The molecule has 0 aliphatic heterocycles. The van der Waals surface area contributed by atoms with Gasteiger partial charge in [0.25, 0.3) is 0 Å². The number of rotatable bonds is 4. The van der Waals surface area contributed by atoms with Gasteiger partial charge in [-0.15, -0.1) is 10.2 Å². The number of carbonyl (C=O) groups is 1. The van der Waals surface area contributed by atoms with Crippen molar-refractivity contribution in [3.8, 4) is 0 Å². The van der Waals surface area contributed by atoms with Gasteiger partial charge in [0.2, 0.25) is 5.70 Å². The van der Waals surface area contributed by atoms with Crippen molar-refractivity contribution in [3.63, 3.8) is 0 Å². The van der Waals surface area contributed by atoms with Crippen LogP contribution in [0, 0.1) is 0 Å². The molecule has 102 valence electrons. The van der Waals surface area contributed by atoms with Crippen LogP contribution in [-0.4, -0.2) is 17.7 Å². The lowest BCUT2D eigenvalue weighted by Crippen LogP contribution is -2.07. The lowest BCUT2D eigenvalue weighted by atomic mass is 10.3. The Bertz CT molecular complexity index is 538. The highest BCUT2D eigenvalue weighted by Gasteiger charge is 2.14. The number of halogens is 2. The molecule has 0 saturated carbocycles. The summed E-state index contributed by atoms with van der Waals surface area (Å²) in [5.74, 6) is -1.04. The van der Waals surface area contributed by atoms with E-state index in [4.69, 9.17) is 27.9 Å². The first-order valence-electron chi connectivity index (χ1n) is 5.39. The highest BCUT2D eigenvalue weighted by atomic mass is 35.5. The summed E-state index contributed by atoms with van der Waals surface area (Å²) in [6, 6.07) is 4.63. The second kappa shape index (κ2) is 7.11. The molecule has 0 radical (unpaired) electrons. The molecule has 0 spiro atoms.